The summed E-state index contributed by atoms with van der Waals surface area (Å²) >= 11 is 0. The van der Waals surface area contributed by atoms with Crippen LogP contribution in [0.15, 0.2) is 42.5 Å². The molecule has 3 heteroatoms. The zero-order valence-corrected chi connectivity index (χ0v) is 11.1. The zero-order valence-electron chi connectivity index (χ0n) is 11.1. The second-order valence-corrected chi connectivity index (χ2v) is 4.61. The van der Waals surface area contributed by atoms with Crippen LogP contribution in [0.2, 0.25) is 0 Å². The van der Waals surface area contributed by atoms with E-state index in [4.69, 9.17) is 0 Å². The molecule has 0 aliphatic carbocycles. The number of halogens is 1. The quantitative estimate of drug-likeness (QED) is 0.780. The maximum absolute atomic E-state index is 13.6. The van der Waals surface area contributed by atoms with E-state index in [1.807, 2.05) is 37.1 Å². The summed E-state index contributed by atoms with van der Waals surface area (Å²) in [7, 11) is 1.90. The first-order chi connectivity index (χ1) is 9.11. The Bertz CT molecular complexity index is 595. The van der Waals surface area contributed by atoms with Gasteiger partial charge in [-0.2, -0.15) is 0 Å². The molecule has 2 rings (SSSR count). The lowest BCUT2D eigenvalue weighted by molar-refractivity contribution is 0.112. The van der Waals surface area contributed by atoms with Gasteiger partial charge in [-0.3, -0.25) is 4.79 Å². The van der Waals surface area contributed by atoms with Crippen LogP contribution in [-0.4, -0.2) is 13.3 Å². The van der Waals surface area contributed by atoms with Crippen molar-refractivity contribution in [3.63, 3.8) is 0 Å². The SMILES string of the molecule is Cc1cc(N(C)Cc2ccccc2F)ccc1C=O. The van der Waals surface area contributed by atoms with Gasteiger partial charge in [-0.1, -0.05) is 18.2 Å². The molecule has 19 heavy (non-hydrogen) atoms. The topological polar surface area (TPSA) is 20.3 Å². The molecule has 0 aromatic heterocycles. The van der Waals surface area contributed by atoms with Crippen LogP contribution < -0.4 is 4.90 Å². The Balaban J connectivity index is 2.20. The fraction of sp³-hybridized carbons (Fsp3) is 0.188. The summed E-state index contributed by atoms with van der Waals surface area (Å²) in [6.45, 7) is 2.39. The molecule has 2 aromatic carbocycles. The molecule has 98 valence electrons. The summed E-state index contributed by atoms with van der Waals surface area (Å²) in [5, 5.41) is 0. The van der Waals surface area contributed by atoms with Crippen molar-refractivity contribution in [2.24, 2.45) is 0 Å². The molecule has 2 nitrogen and oxygen atoms in total. The number of hydrogen-bond acceptors (Lipinski definition) is 2. The Morgan fingerprint density at radius 1 is 1.21 bits per heavy atom. The van der Waals surface area contributed by atoms with Crippen LogP contribution in [-0.2, 0) is 6.54 Å². The van der Waals surface area contributed by atoms with Gasteiger partial charge in [0.2, 0.25) is 0 Å². The van der Waals surface area contributed by atoms with Crippen LogP contribution in [0.5, 0.6) is 0 Å². The Morgan fingerprint density at radius 2 is 1.95 bits per heavy atom. The molecule has 0 saturated carbocycles. The highest BCUT2D eigenvalue weighted by molar-refractivity contribution is 5.78. The number of aryl methyl sites for hydroxylation is 1. The second kappa shape index (κ2) is 5.65. The summed E-state index contributed by atoms with van der Waals surface area (Å²) in [5.41, 5.74) is 3.23. The van der Waals surface area contributed by atoms with Gasteiger partial charge in [0.1, 0.15) is 12.1 Å². The maximum atomic E-state index is 13.6. The van der Waals surface area contributed by atoms with Gasteiger partial charge in [0.05, 0.1) is 0 Å². The zero-order chi connectivity index (χ0) is 13.8. The molecule has 2 aromatic rings. The van der Waals surface area contributed by atoms with Crippen molar-refractivity contribution in [3.05, 3.63) is 65.0 Å². The van der Waals surface area contributed by atoms with Crippen molar-refractivity contribution >= 4 is 12.0 Å². The molecule has 0 spiro atoms. The molecule has 0 atom stereocenters. The number of anilines is 1. The van der Waals surface area contributed by atoms with E-state index in [0.717, 1.165) is 17.5 Å². The predicted octanol–water partition coefficient (Wildman–Crippen LogP) is 3.58. The molecule has 0 aliphatic heterocycles. The van der Waals surface area contributed by atoms with Gasteiger partial charge in [-0.15, -0.1) is 0 Å². The van der Waals surface area contributed by atoms with Crippen LogP contribution in [0.1, 0.15) is 21.5 Å². The fourth-order valence-corrected chi connectivity index (χ4v) is 2.00. The second-order valence-electron chi connectivity index (χ2n) is 4.61. The van der Waals surface area contributed by atoms with Crippen molar-refractivity contribution in [2.75, 3.05) is 11.9 Å². The lowest BCUT2D eigenvalue weighted by Gasteiger charge is -2.20. The van der Waals surface area contributed by atoms with Gasteiger partial charge in [-0.25, -0.2) is 4.39 Å². The first-order valence-corrected chi connectivity index (χ1v) is 6.12. The Hall–Kier alpha value is -2.16. The normalized spacial score (nSPS) is 10.3. The monoisotopic (exact) mass is 257 g/mol. The average molecular weight is 257 g/mol. The third-order valence-corrected chi connectivity index (χ3v) is 3.19. The molecule has 0 bridgehead atoms. The van der Waals surface area contributed by atoms with E-state index < -0.39 is 0 Å². The van der Waals surface area contributed by atoms with E-state index in [1.165, 1.54) is 6.07 Å². The van der Waals surface area contributed by atoms with Gasteiger partial charge in [0, 0.05) is 30.4 Å². The Kier molecular flexibility index (Phi) is 3.95. The summed E-state index contributed by atoms with van der Waals surface area (Å²) in [4.78, 5) is 12.7. The minimum absolute atomic E-state index is 0.199. The lowest BCUT2D eigenvalue weighted by atomic mass is 10.1. The number of hydrogen-bond donors (Lipinski definition) is 0. The fourth-order valence-electron chi connectivity index (χ4n) is 2.00. The molecule has 0 unspecified atom stereocenters. The van der Waals surface area contributed by atoms with Crippen molar-refractivity contribution < 1.29 is 9.18 Å². The standard InChI is InChI=1S/C16H16FNO/c1-12-9-15(8-7-14(12)11-19)18(2)10-13-5-3-4-6-16(13)17/h3-9,11H,10H2,1-2H3. The van der Waals surface area contributed by atoms with E-state index >= 15 is 0 Å². The first kappa shape index (κ1) is 13.3. The van der Waals surface area contributed by atoms with Gasteiger partial charge >= 0.3 is 0 Å². The van der Waals surface area contributed by atoms with E-state index in [-0.39, 0.29) is 5.82 Å². The number of nitrogens with zero attached hydrogens (tertiary/aromatic N) is 1. The van der Waals surface area contributed by atoms with Gasteiger partial charge in [0.25, 0.3) is 0 Å². The van der Waals surface area contributed by atoms with Crippen LogP contribution in [0.25, 0.3) is 0 Å². The van der Waals surface area contributed by atoms with E-state index in [2.05, 4.69) is 0 Å². The highest BCUT2D eigenvalue weighted by atomic mass is 19.1. The van der Waals surface area contributed by atoms with Crippen LogP contribution in [0.3, 0.4) is 0 Å². The van der Waals surface area contributed by atoms with Gasteiger partial charge in [0.15, 0.2) is 0 Å². The molecule has 0 amide bonds. The van der Waals surface area contributed by atoms with Crippen molar-refractivity contribution in [1.82, 2.24) is 0 Å². The van der Waals surface area contributed by atoms with E-state index in [1.54, 1.807) is 18.2 Å². The molecule has 0 saturated heterocycles. The van der Waals surface area contributed by atoms with Gasteiger partial charge < -0.3 is 4.90 Å². The number of carbonyl (C=O) groups excluding carboxylic acids is 1. The summed E-state index contributed by atoms with van der Waals surface area (Å²) in [6, 6.07) is 12.3. The molecule has 0 heterocycles. The van der Waals surface area contributed by atoms with Crippen LogP contribution in [0.4, 0.5) is 10.1 Å². The molecule has 0 fully saturated rings. The van der Waals surface area contributed by atoms with Crippen LogP contribution >= 0.6 is 0 Å². The minimum Gasteiger partial charge on any atom is -0.370 e. The highest BCUT2D eigenvalue weighted by Gasteiger charge is 2.07. The summed E-state index contributed by atoms with van der Waals surface area (Å²) in [6.07, 6.45) is 0.843. The Labute approximate surface area is 112 Å². The number of carbonyl (C=O) groups is 1. The molecule has 0 radical (unpaired) electrons. The summed E-state index contributed by atoms with van der Waals surface area (Å²) < 4.78 is 13.6. The largest absolute Gasteiger partial charge is 0.370 e. The Morgan fingerprint density at radius 3 is 2.58 bits per heavy atom. The minimum atomic E-state index is -0.199. The lowest BCUT2D eigenvalue weighted by Crippen LogP contribution is -2.17. The highest BCUT2D eigenvalue weighted by Crippen LogP contribution is 2.20. The third kappa shape index (κ3) is 2.99. The predicted molar refractivity (Wildman–Crippen MR) is 75.1 cm³/mol. The van der Waals surface area contributed by atoms with Crippen LogP contribution in [0, 0.1) is 12.7 Å². The summed E-state index contributed by atoms with van der Waals surface area (Å²) in [5.74, 6) is -0.199. The van der Waals surface area contributed by atoms with Gasteiger partial charge in [-0.05, 0) is 36.8 Å². The molecular weight excluding hydrogens is 241 g/mol. The first-order valence-electron chi connectivity index (χ1n) is 6.12. The maximum Gasteiger partial charge on any atom is 0.150 e. The third-order valence-electron chi connectivity index (χ3n) is 3.19. The molecule has 0 N–H and O–H groups in total. The van der Waals surface area contributed by atoms with Crippen molar-refractivity contribution in [2.45, 2.75) is 13.5 Å². The van der Waals surface area contributed by atoms with E-state index in [0.29, 0.717) is 17.7 Å². The number of aldehydes is 1. The average Bonchev–Trinajstić information content (AvgIpc) is 2.41. The van der Waals surface area contributed by atoms with Crippen molar-refractivity contribution in [1.29, 1.82) is 0 Å². The number of benzene rings is 2. The smallest absolute Gasteiger partial charge is 0.150 e. The molecule has 0 aliphatic rings. The van der Waals surface area contributed by atoms with E-state index in [9.17, 15) is 9.18 Å². The van der Waals surface area contributed by atoms with Crippen molar-refractivity contribution in [3.8, 4) is 0 Å². The number of rotatable bonds is 4. The molecular formula is C16H16FNO.